The molecule has 0 fully saturated rings. The number of sulfone groups is 1. The average molecular weight is 299 g/mol. The largest absolute Gasteiger partial charge is 0.494 e. The minimum atomic E-state index is -3.21. The Morgan fingerprint density at radius 2 is 1.85 bits per heavy atom. The zero-order chi connectivity index (χ0) is 15.4. The van der Waals surface area contributed by atoms with Gasteiger partial charge in [-0.05, 0) is 40.8 Å². The van der Waals surface area contributed by atoms with Crippen LogP contribution in [-0.2, 0) is 9.84 Å². The maximum atomic E-state index is 12.4. The van der Waals surface area contributed by atoms with Crippen molar-refractivity contribution in [1.29, 1.82) is 0 Å². The Hall–Kier alpha value is -1.07. The fourth-order valence-electron chi connectivity index (χ4n) is 1.85. The Bertz CT molecular complexity index is 532. The maximum Gasteiger partial charge on any atom is 0.157 e. The van der Waals surface area contributed by atoms with E-state index in [1.807, 2.05) is 31.2 Å². The number of nitrogens with one attached hydrogen (secondary N) is 1. The molecule has 1 N–H and O–H groups in total. The van der Waals surface area contributed by atoms with Crippen molar-refractivity contribution in [3.63, 3.8) is 0 Å². The average Bonchev–Trinajstić information content (AvgIpc) is 2.36. The van der Waals surface area contributed by atoms with Gasteiger partial charge >= 0.3 is 0 Å². The molecule has 0 aliphatic rings. The van der Waals surface area contributed by atoms with E-state index >= 15 is 0 Å². The van der Waals surface area contributed by atoms with Crippen molar-refractivity contribution in [3.05, 3.63) is 29.8 Å². The van der Waals surface area contributed by atoms with Crippen molar-refractivity contribution in [3.8, 4) is 5.75 Å². The third kappa shape index (κ3) is 3.96. The summed E-state index contributed by atoms with van der Waals surface area (Å²) in [6.07, 6.45) is 0. The molecular formula is C15H25NO3S. The van der Waals surface area contributed by atoms with Crippen LogP contribution in [0, 0.1) is 0 Å². The lowest BCUT2D eigenvalue weighted by Gasteiger charge is -2.25. The molecule has 0 amide bonds. The Kier molecular flexibility index (Phi) is 5.59. The van der Waals surface area contributed by atoms with Crippen LogP contribution in [0.2, 0.25) is 0 Å². The summed E-state index contributed by atoms with van der Waals surface area (Å²) >= 11 is 0. The number of benzene rings is 1. The van der Waals surface area contributed by atoms with Gasteiger partial charge < -0.3 is 10.1 Å². The summed E-state index contributed by atoms with van der Waals surface area (Å²) < 4.78 is 29.6. The summed E-state index contributed by atoms with van der Waals surface area (Å²) in [5.41, 5.74) is 0.879. The third-order valence-corrected chi connectivity index (χ3v) is 5.90. The molecule has 0 aromatic heterocycles. The van der Waals surface area contributed by atoms with Gasteiger partial charge in [-0.3, -0.25) is 0 Å². The van der Waals surface area contributed by atoms with Crippen molar-refractivity contribution in [2.75, 3.05) is 19.4 Å². The smallest absolute Gasteiger partial charge is 0.157 e. The first-order valence-electron chi connectivity index (χ1n) is 6.84. The van der Waals surface area contributed by atoms with E-state index in [4.69, 9.17) is 4.74 Å². The second-order valence-corrected chi connectivity index (χ2v) is 8.49. The predicted molar refractivity (Wildman–Crippen MR) is 83.0 cm³/mol. The first-order chi connectivity index (χ1) is 9.23. The molecular weight excluding hydrogens is 274 g/mol. The van der Waals surface area contributed by atoms with Crippen LogP contribution in [0.15, 0.2) is 24.3 Å². The van der Waals surface area contributed by atoms with Gasteiger partial charge in [-0.2, -0.15) is 0 Å². The summed E-state index contributed by atoms with van der Waals surface area (Å²) in [6.45, 7) is 7.65. The first-order valence-corrected chi connectivity index (χ1v) is 8.49. The Morgan fingerprint density at radius 3 is 2.35 bits per heavy atom. The number of hydrogen-bond acceptors (Lipinski definition) is 4. The topological polar surface area (TPSA) is 55.4 Å². The molecule has 1 atom stereocenters. The van der Waals surface area contributed by atoms with Crippen LogP contribution in [0.1, 0.15) is 39.3 Å². The van der Waals surface area contributed by atoms with Gasteiger partial charge in [-0.25, -0.2) is 8.42 Å². The van der Waals surface area contributed by atoms with Crippen molar-refractivity contribution < 1.29 is 13.2 Å². The lowest BCUT2D eigenvalue weighted by atomic mass is 10.1. The van der Waals surface area contributed by atoms with Gasteiger partial charge in [0.05, 0.1) is 17.1 Å². The van der Waals surface area contributed by atoms with E-state index in [0.29, 0.717) is 6.61 Å². The quantitative estimate of drug-likeness (QED) is 0.877. The van der Waals surface area contributed by atoms with Gasteiger partial charge in [0.2, 0.25) is 0 Å². The number of ether oxygens (including phenoxy) is 1. The zero-order valence-corrected chi connectivity index (χ0v) is 13.8. The highest BCUT2D eigenvalue weighted by Crippen LogP contribution is 2.28. The van der Waals surface area contributed by atoms with Crippen LogP contribution in [0.3, 0.4) is 0 Å². The molecule has 1 aromatic carbocycles. The van der Waals surface area contributed by atoms with Crippen LogP contribution in [-0.4, -0.2) is 32.6 Å². The normalized spacial score (nSPS) is 14.1. The summed E-state index contributed by atoms with van der Waals surface area (Å²) in [6, 6.07) is 7.28. The lowest BCUT2D eigenvalue weighted by molar-refractivity contribution is 0.333. The molecule has 0 heterocycles. The highest BCUT2D eigenvalue weighted by atomic mass is 32.2. The van der Waals surface area contributed by atoms with Crippen molar-refractivity contribution in [1.82, 2.24) is 5.32 Å². The van der Waals surface area contributed by atoms with E-state index < -0.39 is 14.6 Å². The van der Waals surface area contributed by atoms with Crippen molar-refractivity contribution in [2.24, 2.45) is 0 Å². The lowest BCUT2D eigenvalue weighted by Crippen LogP contribution is -2.36. The molecule has 1 rings (SSSR count). The zero-order valence-electron chi connectivity index (χ0n) is 12.9. The second-order valence-electron chi connectivity index (χ2n) is 5.71. The molecule has 0 spiro atoms. The van der Waals surface area contributed by atoms with E-state index in [-0.39, 0.29) is 11.8 Å². The van der Waals surface area contributed by atoms with Crippen LogP contribution in [0.4, 0.5) is 0 Å². The maximum absolute atomic E-state index is 12.4. The molecule has 0 aliphatic heterocycles. The molecule has 5 heteroatoms. The molecule has 0 radical (unpaired) electrons. The van der Waals surface area contributed by atoms with Crippen molar-refractivity contribution >= 4 is 9.84 Å². The number of para-hydroxylation sites is 1. The minimum Gasteiger partial charge on any atom is -0.494 e. The van der Waals surface area contributed by atoms with E-state index in [1.54, 1.807) is 27.8 Å². The first kappa shape index (κ1) is 17.0. The standard InChI is InChI=1S/C15H25NO3S/c1-6-19-14-10-8-7-9-12(14)13(16-5)11-20(17,18)15(2,3)4/h7-10,13,16H,6,11H2,1-5H3. The van der Waals surface area contributed by atoms with E-state index in [1.165, 1.54) is 0 Å². The Labute approximate surface area is 122 Å². The van der Waals surface area contributed by atoms with Gasteiger partial charge in [0.1, 0.15) is 5.75 Å². The summed E-state index contributed by atoms with van der Waals surface area (Å²) in [7, 11) is -1.44. The fourth-order valence-corrected chi connectivity index (χ4v) is 3.14. The van der Waals surface area contributed by atoms with E-state index in [2.05, 4.69) is 5.32 Å². The predicted octanol–water partition coefficient (Wildman–Crippen LogP) is 2.56. The van der Waals surface area contributed by atoms with Crippen LogP contribution in [0.25, 0.3) is 0 Å². The number of hydrogen-bond donors (Lipinski definition) is 1. The molecule has 0 saturated heterocycles. The summed E-state index contributed by atoms with van der Waals surface area (Å²) in [5.74, 6) is 0.787. The molecule has 0 aliphatic carbocycles. The summed E-state index contributed by atoms with van der Waals surface area (Å²) in [5, 5.41) is 3.09. The molecule has 1 aromatic rings. The molecule has 0 bridgehead atoms. The van der Waals surface area contributed by atoms with Gasteiger partial charge in [0.15, 0.2) is 9.84 Å². The monoisotopic (exact) mass is 299 g/mol. The van der Waals surface area contributed by atoms with Crippen LogP contribution < -0.4 is 10.1 Å². The fraction of sp³-hybridized carbons (Fsp3) is 0.600. The van der Waals surface area contributed by atoms with Crippen molar-refractivity contribution in [2.45, 2.75) is 38.5 Å². The van der Waals surface area contributed by atoms with Gasteiger partial charge in [-0.15, -0.1) is 0 Å². The molecule has 1 unspecified atom stereocenters. The van der Waals surface area contributed by atoms with Gasteiger partial charge in [0.25, 0.3) is 0 Å². The van der Waals surface area contributed by atoms with Crippen LogP contribution in [0.5, 0.6) is 5.75 Å². The molecule has 0 saturated carbocycles. The summed E-state index contributed by atoms with van der Waals surface area (Å²) in [4.78, 5) is 0. The Balaban J connectivity index is 3.09. The minimum absolute atomic E-state index is 0.0527. The van der Waals surface area contributed by atoms with E-state index in [9.17, 15) is 8.42 Å². The SMILES string of the molecule is CCOc1ccccc1C(CS(=O)(=O)C(C)(C)C)NC. The number of rotatable bonds is 6. The molecule has 114 valence electrons. The molecule has 4 nitrogen and oxygen atoms in total. The van der Waals surface area contributed by atoms with Gasteiger partial charge in [0, 0.05) is 11.6 Å². The third-order valence-electron chi connectivity index (χ3n) is 3.26. The van der Waals surface area contributed by atoms with E-state index in [0.717, 1.165) is 11.3 Å². The Morgan fingerprint density at radius 1 is 1.25 bits per heavy atom. The highest BCUT2D eigenvalue weighted by Gasteiger charge is 2.32. The highest BCUT2D eigenvalue weighted by molar-refractivity contribution is 7.92. The van der Waals surface area contributed by atoms with Gasteiger partial charge in [-0.1, -0.05) is 18.2 Å². The second kappa shape index (κ2) is 6.59. The molecule has 20 heavy (non-hydrogen) atoms. The van der Waals surface area contributed by atoms with Crippen LogP contribution >= 0.6 is 0 Å².